The Kier molecular flexibility index (Phi) is 4.01. The lowest BCUT2D eigenvalue weighted by atomic mass is 10.2. The number of ether oxygens (including phenoxy) is 1. The van der Waals surface area contributed by atoms with Gasteiger partial charge in [0.15, 0.2) is 5.11 Å². The summed E-state index contributed by atoms with van der Waals surface area (Å²) in [4.78, 5) is 8.04. The average Bonchev–Trinajstić information content (AvgIpc) is 2.81. The summed E-state index contributed by atoms with van der Waals surface area (Å²) in [5.41, 5.74) is 0. The lowest BCUT2D eigenvalue weighted by Crippen LogP contribution is -2.35. The summed E-state index contributed by atoms with van der Waals surface area (Å²) < 4.78 is 5.47. The van der Waals surface area contributed by atoms with Crippen LogP contribution in [-0.4, -0.2) is 34.3 Å². The Balaban J connectivity index is 1.72. The van der Waals surface area contributed by atoms with Gasteiger partial charge in [0.25, 0.3) is 0 Å². The average molecular weight is 238 g/mol. The summed E-state index contributed by atoms with van der Waals surface area (Å²) in [7, 11) is 0. The van der Waals surface area contributed by atoms with Crippen LogP contribution in [0.1, 0.15) is 12.8 Å². The molecular formula is C10H14N4OS. The third kappa shape index (κ3) is 3.39. The molecule has 2 rings (SSSR count). The van der Waals surface area contributed by atoms with E-state index in [-0.39, 0.29) is 6.10 Å². The molecule has 1 aliphatic heterocycles. The normalized spacial score (nSPS) is 19.4. The van der Waals surface area contributed by atoms with E-state index in [9.17, 15) is 0 Å². The van der Waals surface area contributed by atoms with Crippen LogP contribution in [0, 0.1) is 0 Å². The first kappa shape index (κ1) is 11.2. The smallest absolute Gasteiger partial charge is 0.228 e. The fourth-order valence-corrected chi connectivity index (χ4v) is 1.70. The summed E-state index contributed by atoms with van der Waals surface area (Å²) >= 11 is 5.11. The lowest BCUT2D eigenvalue weighted by molar-refractivity contribution is 0.114. The predicted molar refractivity (Wildman–Crippen MR) is 65.2 cm³/mol. The number of anilines is 1. The van der Waals surface area contributed by atoms with Crippen molar-refractivity contribution in [3.63, 3.8) is 0 Å². The summed E-state index contributed by atoms with van der Waals surface area (Å²) in [6.07, 6.45) is 5.83. The standard InChI is InChI=1S/C10H14N4OS/c16-10(13-7-8-3-1-6-15-8)14-9-11-4-2-5-12-9/h2,4-5,8H,1,3,6-7H2,(H2,11,12,13,14,16)/t8-/m0/s1. The van der Waals surface area contributed by atoms with Gasteiger partial charge in [-0.2, -0.15) is 0 Å². The highest BCUT2D eigenvalue weighted by Gasteiger charge is 2.15. The predicted octanol–water partition coefficient (Wildman–Crippen LogP) is 0.942. The van der Waals surface area contributed by atoms with Crippen LogP contribution < -0.4 is 10.6 Å². The molecule has 1 fully saturated rings. The van der Waals surface area contributed by atoms with Gasteiger partial charge in [0, 0.05) is 25.5 Å². The van der Waals surface area contributed by atoms with E-state index in [0.29, 0.717) is 11.1 Å². The van der Waals surface area contributed by atoms with Crippen LogP contribution >= 0.6 is 12.2 Å². The highest BCUT2D eigenvalue weighted by Crippen LogP contribution is 2.10. The second-order valence-electron chi connectivity index (χ2n) is 3.54. The Morgan fingerprint density at radius 3 is 3.00 bits per heavy atom. The fourth-order valence-electron chi connectivity index (χ4n) is 1.52. The van der Waals surface area contributed by atoms with Crippen LogP contribution in [-0.2, 0) is 4.74 Å². The van der Waals surface area contributed by atoms with Gasteiger partial charge < -0.3 is 15.4 Å². The first-order valence-electron chi connectivity index (χ1n) is 5.28. The number of nitrogens with one attached hydrogen (secondary N) is 2. The van der Waals surface area contributed by atoms with Crippen molar-refractivity contribution in [3.8, 4) is 0 Å². The molecule has 5 nitrogen and oxygen atoms in total. The first-order chi connectivity index (χ1) is 7.84. The van der Waals surface area contributed by atoms with Crippen molar-refractivity contribution in [2.75, 3.05) is 18.5 Å². The highest BCUT2D eigenvalue weighted by atomic mass is 32.1. The van der Waals surface area contributed by atoms with Crippen LogP contribution in [0.5, 0.6) is 0 Å². The van der Waals surface area contributed by atoms with Crippen molar-refractivity contribution in [1.82, 2.24) is 15.3 Å². The van der Waals surface area contributed by atoms with E-state index >= 15 is 0 Å². The molecule has 0 amide bonds. The molecule has 1 aromatic heterocycles. The van der Waals surface area contributed by atoms with Crippen LogP contribution in [0.2, 0.25) is 0 Å². The van der Waals surface area contributed by atoms with E-state index in [1.807, 2.05) is 0 Å². The van der Waals surface area contributed by atoms with Crippen molar-refractivity contribution in [3.05, 3.63) is 18.5 Å². The summed E-state index contributed by atoms with van der Waals surface area (Å²) in [5, 5.41) is 6.53. The van der Waals surface area contributed by atoms with E-state index in [0.717, 1.165) is 26.0 Å². The van der Waals surface area contributed by atoms with E-state index in [1.165, 1.54) is 0 Å². The molecule has 16 heavy (non-hydrogen) atoms. The molecule has 1 aromatic rings. The van der Waals surface area contributed by atoms with Gasteiger partial charge in [-0.25, -0.2) is 9.97 Å². The van der Waals surface area contributed by atoms with Gasteiger partial charge in [0.05, 0.1) is 6.10 Å². The molecule has 0 aromatic carbocycles. The number of aromatic nitrogens is 2. The summed E-state index contributed by atoms with van der Waals surface area (Å²) in [5.74, 6) is 0.507. The highest BCUT2D eigenvalue weighted by molar-refractivity contribution is 7.80. The second-order valence-corrected chi connectivity index (χ2v) is 3.95. The molecule has 1 aliphatic rings. The summed E-state index contributed by atoms with van der Waals surface area (Å²) in [6, 6.07) is 1.76. The van der Waals surface area contributed by atoms with Gasteiger partial charge in [-0.3, -0.25) is 0 Å². The second kappa shape index (κ2) is 5.72. The molecule has 2 heterocycles. The number of nitrogens with zero attached hydrogens (tertiary/aromatic N) is 2. The molecule has 2 N–H and O–H groups in total. The van der Waals surface area contributed by atoms with E-state index in [2.05, 4.69) is 20.6 Å². The molecule has 0 saturated carbocycles. The SMILES string of the molecule is S=C(NC[C@@H]1CCCO1)Nc1ncccn1. The van der Waals surface area contributed by atoms with Crippen molar-refractivity contribution in [1.29, 1.82) is 0 Å². The monoisotopic (exact) mass is 238 g/mol. The Morgan fingerprint density at radius 2 is 2.31 bits per heavy atom. The third-order valence-electron chi connectivity index (χ3n) is 2.31. The number of hydrogen-bond donors (Lipinski definition) is 2. The zero-order valence-corrected chi connectivity index (χ0v) is 9.67. The van der Waals surface area contributed by atoms with E-state index < -0.39 is 0 Å². The lowest BCUT2D eigenvalue weighted by Gasteiger charge is -2.12. The molecule has 0 bridgehead atoms. The van der Waals surface area contributed by atoms with Crippen molar-refractivity contribution in [2.24, 2.45) is 0 Å². The Hall–Kier alpha value is -1.27. The number of rotatable bonds is 3. The molecular weight excluding hydrogens is 224 g/mol. The minimum absolute atomic E-state index is 0.274. The summed E-state index contributed by atoms with van der Waals surface area (Å²) in [6.45, 7) is 1.59. The van der Waals surface area contributed by atoms with Gasteiger partial charge in [-0.05, 0) is 31.1 Å². The molecule has 86 valence electrons. The molecule has 1 saturated heterocycles. The van der Waals surface area contributed by atoms with Crippen molar-refractivity contribution < 1.29 is 4.74 Å². The van der Waals surface area contributed by atoms with Gasteiger partial charge >= 0.3 is 0 Å². The molecule has 0 aliphatic carbocycles. The molecule has 0 radical (unpaired) electrons. The maximum absolute atomic E-state index is 5.47. The van der Waals surface area contributed by atoms with Crippen molar-refractivity contribution in [2.45, 2.75) is 18.9 Å². The van der Waals surface area contributed by atoms with Crippen LogP contribution in [0.3, 0.4) is 0 Å². The molecule has 1 atom stereocenters. The molecule has 6 heteroatoms. The zero-order chi connectivity index (χ0) is 11.2. The van der Waals surface area contributed by atoms with Gasteiger partial charge in [-0.15, -0.1) is 0 Å². The minimum atomic E-state index is 0.274. The largest absolute Gasteiger partial charge is 0.376 e. The van der Waals surface area contributed by atoms with E-state index in [1.54, 1.807) is 18.5 Å². The minimum Gasteiger partial charge on any atom is -0.376 e. The Labute approximate surface area is 99.6 Å². The number of thiocarbonyl (C=S) groups is 1. The van der Waals surface area contributed by atoms with Gasteiger partial charge in [0.2, 0.25) is 5.95 Å². The van der Waals surface area contributed by atoms with Gasteiger partial charge in [-0.1, -0.05) is 0 Å². The quantitative estimate of drug-likeness (QED) is 0.764. The topological polar surface area (TPSA) is 59.1 Å². The van der Waals surface area contributed by atoms with Gasteiger partial charge in [0.1, 0.15) is 0 Å². The fraction of sp³-hybridized carbons (Fsp3) is 0.500. The van der Waals surface area contributed by atoms with Crippen molar-refractivity contribution >= 4 is 23.3 Å². The maximum atomic E-state index is 5.47. The van der Waals surface area contributed by atoms with Crippen LogP contribution in [0.15, 0.2) is 18.5 Å². The molecule has 0 spiro atoms. The third-order valence-corrected chi connectivity index (χ3v) is 2.55. The zero-order valence-electron chi connectivity index (χ0n) is 8.85. The van der Waals surface area contributed by atoms with E-state index in [4.69, 9.17) is 17.0 Å². The van der Waals surface area contributed by atoms with Crippen LogP contribution in [0.4, 0.5) is 5.95 Å². The maximum Gasteiger partial charge on any atom is 0.228 e. The van der Waals surface area contributed by atoms with Crippen LogP contribution in [0.25, 0.3) is 0 Å². The number of hydrogen-bond acceptors (Lipinski definition) is 4. The first-order valence-corrected chi connectivity index (χ1v) is 5.69. The Morgan fingerprint density at radius 1 is 1.50 bits per heavy atom. The molecule has 0 unspecified atom stereocenters. The Bertz CT molecular complexity index is 340.